The molecule has 0 saturated carbocycles. The Morgan fingerprint density at radius 1 is 1.14 bits per heavy atom. The molecule has 0 amide bonds. The summed E-state index contributed by atoms with van der Waals surface area (Å²) in [5, 5.41) is 0. The number of benzene rings is 1. The average Bonchev–Trinajstić information content (AvgIpc) is 2.47. The minimum atomic E-state index is -0.194. The summed E-state index contributed by atoms with van der Waals surface area (Å²) in [4.78, 5) is 16.1. The number of aromatic nitrogens is 1. The van der Waals surface area contributed by atoms with E-state index in [-0.39, 0.29) is 11.4 Å². The van der Waals surface area contributed by atoms with Gasteiger partial charge in [0.05, 0.1) is 13.0 Å². The van der Waals surface area contributed by atoms with Gasteiger partial charge in [0.25, 0.3) is 0 Å². The van der Waals surface area contributed by atoms with E-state index >= 15 is 0 Å². The number of carbonyl (C=O) groups is 1. The van der Waals surface area contributed by atoms with Crippen LogP contribution < -0.4 is 0 Å². The Labute approximate surface area is 132 Å². The molecule has 0 atom stereocenters. The van der Waals surface area contributed by atoms with E-state index in [9.17, 15) is 4.79 Å². The van der Waals surface area contributed by atoms with Crippen LogP contribution in [0.5, 0.6) is 0 Å². The van der Waals surface area contributed by atoms with E-state index < -0.39 is 0 Å². The molecule has 2 rings (SSSR count). The fourth-order valence-corrected chi connectivity index (χ4v) is 2.25. The molecule has 2 aromatic rings. The summed E-state index contributed by atoms with van der Waals surface area (Å²) < 4.78 is 4.99. The summed E-state index contributed by atoms with van der Waals surface area (Å²) in [5.74, 6) is -0.194. The average molecular weight is 297 g/mol. The van der Waals surface area contributed by atoms with E-state index in [0.29, 0.717) is 13.0 Å². The van der Waals surface area contributed by atoms with Crippen molar-refractivity contribution in [2.24, 2.45) is 0 Å². The zero-order valence-corrected chi connectivity index (χ0v) is 13.7. The number of esters is 1. The molecule has 1 heterocycles. The van der Waals surface area contributed by atoms with Crippen LogP contribution in [0.25, 0.3) is 11.1 Å². The topological polar surface area (TPSA) is 39.2 Å². The van der Waals surface area contributed by atoms with Gasteiger partial charge in [-0.05, 0) is 24.1 Å². The molecule has 22 heavy (non-hydrogen) atoms. The van der Waals surface area contributed by atoms with Crippen molar-refractivity contribution in [1.82, 2.24) is 4.98 Å². The van der Waals surface area contributed by atoms with Gasteiger partial charge in [0.15, 0.2) is 0 Å². The van der Waals surface area contributed by atoms with Gasteiger partial charge in [0.1, 0.15) is 0 Å². The molecular weight excluding hydrogens is 274 g/mol. The third kappa shape index (κ3) is 4.17. The number of hydrogen-bond acceptors (Lipinski definition) is 3. The second-order valence-electron chi connectivity index (χ2n) is 6.36. The second kappa shape index (κ2) is 6.73. The Balaban J connectivity index is 2.20. The summed E-state index contributed by atoms with van der Waals surface area (Å²) in [5.41, 5.74) is 4.19. The molecule has 0 spiro atoms. The molecule has 0 N–H and O–H groups in total. The minimum Gasteiger partial charge on any atom is -0.466 e. The summed E-state index contributed by atoms with van der Waals surface area (Å²) in [7, 11) is 0. The van der Waals surface area contributed by atoms with E-state index in [0.717, 1.165) is 22.4 Å². The van der Waals surface area contributed by atoms with Crippen LogP contribution in [0, 0.1) is 0 Å². The van der Waals surface area contributed by atoms with E-state index in [1.165, 1.54) is 0 Å². The molecule has 0 saturated heterocycles. The maximum absolute atomic E-state index is 11.6. The normalized spacial score (nSPS) is 11.3. The molecule has 116 valence electrons. The van der Waals surface area contributed by atoms with Crippen molar-refractivity contribution in [3.05, 3.63) is 53.9 Å². The first-order chi connectivity index (χ1) is 10.4. The van der Waals surface area contributed by atoms with E-state index in [1.54, 1.807) is 0 Å². The summed E-state index contributed by atoms with van der Waals surface area (Å²) in [6.07, 6.45) is 2.19. The molecule has 0 aliphatic carbocycles. The highest BCUT2D eigenvalue weighted by Crippen LogP contribution is 2.24. The number of nitrogens with zero attached hydrogens (tertiary/aromatic N) is 1. The lowest BCUT2D eigenvalue weighted by Gasteiger charge is -2.17. The number of hydrogen-bond donors (Lipinski definition) is 0. The summed E-state index contributed by atoms with van der Waals surface area (Å²) >= 11 is 0. The van der Waals surface area contributed by atoms with Crippen molar-refractivity contribution in [1.29, 1.82) is 0 Å². The maximum atomic E-state index is 11.6. The van der Waals surface area contributed by atoms with Gasteiger partial charge in [-0.3, -0.25) is 9.78 Å². The van der Waals surface area contributed by atoms with Crippen molar-refractivity contribution in [3.8, 4) is 11.1 Å². The predicted molar refractivity (Wildman–Crippen MR) is 88.7 cm³/mol. The predicted octanol–water partition coefficient (Wildman–Crippen LogP) is 4.15. The molecular formula is C19H23NO2. The van der Waals surface area contributed by atoms with Gasteiger partial charge < -0.3 is 4.74 Å². The van der Waals surface area contributed by atoms with Crippen molar-refractivity contribution in [2.75, 3.05) is 6.61 Å². The van der Waals surface area contributed by atoms with Crippen LogP contribution in [0.2, 0.25) is 0 Å². The van der Waals surface area contributed by atoms with Crippen LogP contribution in [0.3, 0.4) is 0 Å². The highest BCUT2D eigenvalue weighted by atomic mass is 16.5. The highest BCUT2D eigenvalue weighted by Gasteiger charge is 2.15. The third-order valence-corrected chi connectivity index (χ3v) is 3.45. The van der Waals surface area contributed by atoms with Crippen LogP contribution in [0.4, 0.5) is 0 Å². The van der Waals surface area contributed by atoms with Gasteiger partial charge in [-0.15, -0.1) is 0 Å². The van der Waals surface area contributed by atoms with E-state index in [2.05, 4.69) is 37.9 Å². The van der Waals surface area contributed by atoms with Crippen LogP contribution >= 0.6 is 0 Å². The van der Waals surface area contributed by atoms with Gasteiger partial charge in [-0.25, -0.2) is 0 Å². The molecule has 1 aromatic heterocycles. The summed E-state index contributed by atoms with van der Waals surface area (Å²) in [6.45, 7) is 8.67. The van der Waals surface area contributed by atoms with E-state index in [1.807, 2.05) is 37.4 Å². The number of carbonyl (C=O) groups excluding carboxylic acids is 1. The standard InChI is InChI=1S/C19H23NO2/c1-5-22-18(21)12-14-7-6-8-15(11-14)16-9-10-17(20-13-16)19(2,3)4/h6-11,13H,5,12H2,1-4H3. The molecule has 0 bridgehead atoms. The zero-order chi connectivity index (χ0) is 16.2. The SMILES string of the molecule is CCOC(=O)Cc1cccc(-c2ccc(C(C)(C)C)nc2)c1. The lowest BCUT2D eigenvalue weighted by Crippen LogP contribution is -2.12. The van der Waals surface area contributed by atoms with Crippen LogP contribution in [-0.4, -0.2) is 17.6 Å². The minimum absolute atomic E-state index is 0.0459. The first-order valence-corrected chi connectivity index (χ1v) is 7.61. The molecule has 3 nitrogen and oxygen atoms in total. The van der Waals surface area contributed by atoms with Crippen molar-refractivity contribution in [2.45, 2.75) is 39.5 Å². The molecule has 1 aromatic carbocycles. The van der Waals surface area contributed by atoms with Crippen LogP contribution in [0.1, 0.15) is 39.0 Å². The van der Waals surface area contributed by atoms with Gasteiger partial charge in [-0.2, -0.15) is 0 Å². The molecule has 3 heteroatoms. The lowest BCUT2D eigenvalue weighted by molar-refractivity contribution is -0.142. The number of pyridine rings is 1. The maximum Gasteiger partial charge on any atom is 0.310 e. The fourth-order valence-electron chi connectivity index (χ4n) is 2.25. The molecule has 0 aliphatic heterocycles. The number of rotatable bonds is 4. The quantitative estimate of drug-likeness (QED) is 0.796. The third-order valence-electron chi connectivity index (χ3n) is 3.45. The zero-order valence-electron chi connectivity index (χ0n) is 13.7. The first-order valence-electron chi connectivity index (χ1n) is 7.61. The van der Waals surface area contributed by atoms with Gasteiger partial charge in [-0.1, -0.05) is 51.1 Å². The molecule has 0 fully saturated rings. The molecule has 0 unspecified atom stereocenters. The van der Waals surface area contributed by atoms with Crippen LogP contribution in [0.15, 0.2) is 42.6 Å². The first kappa shape index (κ1) is 16.2. The Bertz CT molecular complexity index is 639. The van der Waals surface area contributed by atoms with Crippen molar-refractivity contribution >= 4 is 5.97 Å². The second-order valence-corrected chi connectivity index (χ2v) is 6.36. The number of ether oxygens (including phenoxy) is 1. The largest absolute Gasteiger partial charge is 0.466 e. The monoisotopic (exact) mass is 297 g/mol. The van der Waals surface area contributed by atoms with Crippen LogP contribution in [-0.2, 0) is 21.4 Å². The molecule has 0 radical (unpaired) electrons. The van der Waals surface area contributed by atoms with Gasteiger partial charge in [0, 0.05) is 22.9 Å². The summed E-state index contributed by atoms with van der Waals surface area (Å²) in [6, 6.07) is 12.1. The molecule has 0 aliphatic rings. The Hall–Kier alpha value is -2.16. The lowest BCUT2D eigenvalue weighted by atomic mass is 9.91. The smallest absolute Gasteiger partial charge is 0.310 e. The Morgan fingerprint density at radius 2 is 1.91 bits per heavy atom. The Morgan fingerprint density at radius 3 is 2.50 bits per heavy atom. The van der Waals surface area contributed by atoms with E-state index in [4.69, 9.17) is 4.74 Å². The van der Waals surface area contributed by atoms with Gasteiger partial charge in [0.2, 0.25) is 0 Å². The fraction of sp³-hybridized carbons (Fsp3) is 0.368. The van der Waals surface area contributed by atoms with Crippen molar-refractivity contribution in [3.63, 3.8) is 0 Å². The van der Waals surface area contributed by atoms with Crippen molar-refractivity contribution < 1.29 is 9.53 Å². The Kier molecular flexibility index (Phi) is 4.96. The highest BCUT2D eigenvalue weighted by molar-refractivity contribution is 5.74. The van der Waals surface area contributed by atoms with Gasteiger partial charge >= 0.3 is 5.97 Å².